The molecule has 1 aliphatic carbocycles. The zero-order chi connectivity index (χ0) is 25.8. The van der Waals surface area contributed by atoms with Crippen molar-refractivity contribution in [2.45, 2.75) is 122 Å². The first kappa shape index (κ1) is 28.9. The van der Waals surface area contributed by atoms with Crippen LogP contribution in [0.25, 0.3) is 11.3 Å². The van der Waals surface area contributed by atoms with Crippen LogP contribution in [0.3, 0.4) is 0 Å². The van der Waals surface area contributed by atoms with Crippen molar-refractivity contribution < 1.29 is 9.13 Å². The van der Waals surface area contributed by atoms with Crippen LogP contribution in [0.15, 0.2) is 36.4 Å². The molecule has 0 atom stereocenters. The van der Waals surface area contributed by atoms with E-state index in [2.05, 4.69) is 56.2 Å². The van der Waals surface area contributed by atoms with Gasteiger partial charge in [-0.25, -0.2) is 4.98 Å². The maximum absolute atomic E-state index is 14.7. The van der Waals surface area contributed by atoms with Crippen molar-refractivity contribution in [3.05, 3.63) is 47.9 Å². The second kappa shape index (κ2) is 14.9. The lowest BCUT2D eigenvalue weighted by Crippen LogP contribution is -2.24. The van der Waals surface area contributed by atoms with E-state index < -0.39 is 14.0 Å². The third kappa shape index (κ3) is 9.32. The summed E-state index contributed by atoms with van der Waals surface area (Å²) in [5.74, 6) is 1.37. The normalized spacial score (nSPS) is 18.4. The summed E-state index contributed by atoms with van der Waals surface area (Å²) in [7, 11) is -1.08. The van der Waals surface area contributed by atoms with Crippen molar-refractivity contribution in [3.63, 3.8) is 0 Å². The summed E-state index contributed by atoms with van der Waals surface area (Å²) in [4.78, 5) is 4.22. The Kier molecular flexibility index (Phi) is 12.0. The summed E-state index contributed by atoms with van der Waals surface area (Å²) in [5.41, 5.74) is 3.07. The van der Waals surface area contributed by atoms with Crippen LogP contribution in [0.4, 0.5) is 4.39 Å². The largest absolute Gasteiger partial charge is 0.489 e. The molecular formula is C32H50FNOSi. The minimum atomic E-state index is -1.08. The van der Waals surface area contributed by atoms with Gasteiger partial charge >= 0.3 is 0 Å². The summed E-state index contributed by atoms with van der Waals surface area (Å²) in [6.07, 6.45) is 15.6. The van der Waals surface area contributed by atoms with E-state index in [0.29, 0.717) is 18.2 Å². The summed E-state index contributed by atoms with van der Waals surface area (Å²) >= 11 is 0. The Morgan fingerprint density at radius 1 is 0.833 bits per heavy atom. The number of pyridine rings is 1. The molecule has 0 aliphatic heterocycles. The lowest BCUT2D eigenvalue weighted by atomic mass is 9.77. The molecule has 0 N–H and O–H groups in total. The Labute approximate surface area is 221 Å². The summed E-state index contributed by atoms with van der Waals surface area (Å²) in [5, 5.41) is 0. The number of halogens is 1. The minimum Gasteiger partial charge on any atom is -0.489 e. The number of ether oxygens (including phenoxy) is 1. The second-order valence-electron chi connectivity index (χ2n) is 11.9. The van der Waals surface area contributed by atoms with E-state index >= 15 is 0 Å². The van der Waals surface area contributed by atoms with Crippen LogP contribution < -0.4 is 4.74 Å². The van der Waals surface area contributed by atoms with Crippen molar-refractivity contribution in [3.8, 4) is 17.0 Å². The monoisotopic (exact) mass is 511 g/mol. The van der Waals surface area contributed by atoms with Gasteiger partial charge in [-0.05, 0) is 61.6 Å². The second-order valence-corrected chi connectivity index (χ2v) is 17.2. The Morgan fingerprint density at radius 3 is 2.19 bits per heavy atom. The number of nitrogens with zero attached hydrogens (tertiary/aromatic N) is 1. The molecular weight excluding hydrogens is 461 g/mol. The Hall–Kier alpha value is -1.68. The minimum absolute atomic E-state index is 0.272. The fourth-order valence-electron chi connectivity index (χ4n) is 5.75. The van der Waals surface area contributed by atoms with E-state index in [1.54, 1.807) is 6.07 Å². The van der Waals surface area contributed by atoms with Crippen molar-refractivity contribution in [2.24, 2.45) is 5.92 Å². The number of benzene rings is 1. The third-order valence-corrected chi connectivity index (χ3v) is 11.7. The van der Waals surface area contributed by atoms with Gasteiger partial charge in [-0.3, -0.25) is 0 Å². The van der Waals surface area contributed by atoms with E-state index in [1.165, 1.54) is 88.3 Å². The quantitative estimate of drug-likeness (QED) is 0.135. The molecule has 2 aromatic rings. The van der Waals surface area contributed by atoms with Crippen molar-refractivity contribution in [2.75, 3.05) is 6.61 Å². The van der Waals surface area contributed by atoms with Gasteiger partial charge < -0.3 is 4.74 Å². The van der Waals surface area contributed by atoms with Crippen LogP contribution in [0.2, 0.25) is 25.2 Å². The highest BCUT2D eigenvalue weighted by Gasteiger charge is 2.22. The molecule has 1 aromatic heterocycles. The molecule has 1 heterocycles. The average Bonchev–Trinajstić information content (AvgIpc) is 2.89. The highest BCUT2D eigenvalue weighted by molar-refractivity contribution is 6.77. The fourth-order valence-corrected chi connectivity index (χ4v) is 8.52. The number of hydrogen-bond donors (Lipinski definition) is 0. The first-order valence-electron chi connectivity index (χ1n) is 14.8. The molecule has 2 nitrogen and oxygen atoms in total. The van der Waals surface area contributed by atoms with E-state index in [9.17, 15) is 4.39 Å². The standard InChI is InChI=1S/C32H50FNOSi/c1-5-7-9-12-26-13-15-27(16-14-26)28-17-19-29(20-18-28)30-21-22-31(32(33)34-30)35-23-10-11-25-36(3,4)24-8-6-2/h17-22,26-27H,5-16,23-25H2,1-4H3. The molecule has 1 fully saturated rings. The topological polar surface area (TPSA) is 22.1 Å². The number of hydrogen-bond acceptors (Lipinski definition) is 2. The Balaban J connectivity index is 1.44. The maximum Gasteiger partial charge on any atom is 0.255 e. The van der Waals surface area contributed by atoms with Crippen molar-refractivity contribution >= 4 is 8.07 Å². The van der Waals surface area contributed by atoms with E-state index in [0.717, 1.165) is 17.9 Å². The maximum atomic E-state index is 14.7. The van der Waals surface area contributed by atoms with Crippen LogP contribution in [-0.2, 0) is 0 Å². The zero-order valence-electron chi connectivity index (χ0n) is 23.5. The fraction of sp³-hybridized carbons (Fsp3) is 0.656. The van der Waals surface area contributed by atoms with Crippen molar-refractivity contribution in [1.82, 2.24) is 4.98 Å². The van der Waals surface area contributed by atoms with Gasteiger partial charge in [0.15, 0.2) is 5.75 Å². The number of unbranched alkanes of at least 4 members (excludes halogenated alkanes) is 4. The molecule has 1 aromatic carbocycles. The lowest BCUT2D eigenvalue weighted by Gasteiger charge is -2.29. The van der Waals surface area contributed by atoms with Gasteiger partial charge in [-0.15, -0.1) is 0 Å². The van der Waals surface area contributed by atoms with Gasteiger partial charge in [-0.2, -0.15) is 4.39 Å². The van der Waals surface area contributed by atoms with Crippen molar-refractivity contribution in [1.29, 1.82) is 0 Å². The summed E-state index contributed by atoms with van der Waals surface area (Å²) < 4.78 is 20.4. The van der Waals surface area contributed by atoms with E-state index in [-0.39, 0.29) is 5.75 Å². The highest BCUT2D eigenvalue weighted by atomic mass is 28.3. The third-order valence-electron chi connectivity index (χ3n) is 8.27. The molecule has 0 bridgehead atoms. The summed E-state index contributed by atoms with van der Waals surface area (Å²) in [6.45, 7) is 10.1. The molecule has 3 rings (SSSR count). The Bertz CT molecular complexity index is 890. The van der Waals surface area contributed by atoms with Crippen LogP contribution in [0.5, 0.6) is 5.75 Å². The molecule has 0 amide bonds. The van der Waals surface area contributed by atoms with Gasteiger partial charge in [0.05, 0.1) is 12.3 Å². The molecule has 4 heteroatoms. The first-order valence-corrected chi connectivity index (χ1v) is 18.2. The van der Waals surface area contributed by atoms with Gasteiger partial charge in [0, 0.05) is 13.6 Å². The predicted molar refractivity (Wildman–Crippen MR) is 155 cm³/mol. The van der Waals surface area contributed by atoms with Gasteiger partial charge in [0.1, 0.15) is 0 Å². The molecule has 0 spiro atoms. The van der Waals surface area contributed by atoms with Gasteiger partial charge in [0.2, 0.25) is 0 Å². The summed E-state index contributed by atoms with van der Waals surface area (Å²) in [6, 6.07) is 15.0. The Morgan fingerprint density at radius 2 is 1.53 bits per heavy atom. The molecule has 36 heavy (non-hydrogen) atoms. The van der Waals surface area contributed by atoms with E-state index in [4.69, 9.17) is 4.74 Å². The molecule has 200 valence electrons. The zero-order valence-corrected chi connectivity index (χ0v) is 24.5. The van der Waals surface area contributed by atoms with Crippen LogP contribution >= 0.6 is 0 Å². The van der Waals surface area contributed by atoms with E-state index in [1.807, 2.05) is 6.07 Å². The average molecular weight is 512 g/mol. The highest BCUT2D eigenvalue weighted by Crippen LogP contribution is 2.38. The smallest absolute Gasteiger partial charge is 0.255 e. The van der Waals surface area contributed by atoms with Gasteiger partial charge in [-0.1, -0.05) is 108 Å². The van der Waals surface area contributed by atoms with Crippen LogP contribution in [0.1, 0.15) is 102 Å². The van der Waals surface area contributed by atoms with Crippen LogP contribution in [0, 0.1) is 11.9 Å². The first-order chi connectivity index (χ1) is 17.4. The molecule has 0 saturated heterocycles. The SMILES string of the molecule is CCCCCC1CCC(c2ccc(-c3ccc(OCCCC[Si](C)(C)CCCC)c(F)n3)cc2)CC1. The predicted octanol–water partition coefficient (Wildman–Crippen LogP) is 10.4. The number of rotatable bonds is 15. The number of aromatic nitrogens is 1. The van der Waals surface area contributed by atoms with Crippen LogP contribution in [-0.4, -0.2) is 19.7 Å². The molecule has 1 aliphatic rings. The van der Waals surface area contributed by atoms with Gasteiger partial charge in [0.25, 0.3) is 5.95 Å². The molecule has 0 unspecified atom stereocenters. The molecule has 0 radical (unpaired) electrons. The lowest BCUT2D eigenvalue weighted by molar-refractivity contribution is 0.290. The molecule has 1 saturated carbocycles.